The number of aliphatic hydroxyl groups is 1. The van der Waals surface area contributed by atoms with Gasteiger partial charge in [-0.3, -0.25) is 4.79 Å². The molecule has 0 spiro atoms. The van der Waals surface area contributed by atoms with E-state index in [-0.39, 0.29) is 24.3 Å². The molecule has 0 aromatic heterocycles. The SMILES string of the molecule is CC(C)C(C)C(=O)N[C@@H](C)C(O)CN(C)S(=O)(=O)N(C)C. The summed E-state index contributed by atoms with van der Waals surface area (Å²) < 4.78 is 25.9. The van der Waals surface area contributed by atoms with Gasteiger partial charge in [-0.05, 0) is 12.8 Å². The highest BCUT2D eigenvalue weighted by molar-refractivity contribution is 7.86. The lowest BCUT2D eigenvalue weighted by atomic mass is 9.97. The lowest BCUT2D eigenvalue weighted by Gasteiger charge is -2.28. The van der Waals surface area contributed by atoms with Gasteiger partial charge in [0.1, 0.15) is 0 Å². The summed E-state index contributed by atoms with van der Waals surface area (Å²) in [6.45, 7) is 7.29. The summed E-state index contributed by atoms with van der Waals surface area (Å²) in [7, 11) is 0.672. The van der Waals surface area contributed by atoms with Crippen LogP contribution < -0.4 is 5.32 Å². The van der Waals surface area contributed by atoms with Gasteiger partial charge in [0.15, 0.2) is 0 Å². The van der Waals surface area contributed by atoms with E-state index in [0.717, 1.165) is 8.61 Å². The van der Waals surface area contributed by atoms with Gasteiger partial charge < -0.3 is 10.4 Å². The summed E-state index contributed by atoms with van der Waals surface area (Å²) in [5, 5.41) is 12.8. The fourth-order valence-electron chi connectivity index (χ4n) is 1.55. The fraction of sp³-hybridized carbons (Fsp3) is 0.923. The van der Waals surface area contributed by atoms with Crippen LogP contribution in [-0.4, -0.2) is 67.9 Å². The largest absolute Gasteiger partial charge is 0.390 e. The normalized spacial score (nSPS) is 17.1. The summed E-state index contributed by atoms with van der Waals surface area (Å²) in [6.07, 6.45) is -0.979. The molecule has 8 heteroatoms. The molecule has 0 heterocycles. The maximum atomic E-state index is 11.9. The van der Waals surface area contributed by atoms with Crippen LogP contribution in [0.4, 0.5) is 0 Å². The van der Waals surface area contributed by atoms with Crippen molar-refractivity contribution in [1.29, 1.82) is 0 Å². The maximum Gasteiger partial charge on any atom is 0.281 e. The second-order valence-electron chi connectivity index (χ2n) is 5.97. The van der Waals surface area contributed by atoms with Gasteiger partial charge in [-0.15, -0.1) is 0 Å². The topological polar surface area (TPSA) is 90.0 Å². The molecular weight excluding hydrogens is 294 g/mol. The van der Waals surface area contributed by atoms with Gasteiger partial charge in [-0.2, -0.15) is 17.0 Å². The molecule has 0 aliphatic rings. The van der Waals surface area contributed by atoms with Crippen LogP contribution >= 0.6 is 0 Å². The Kier molecular flexibility index (Phi) is 7.80. The molecule has 126 valence electrons. The lowest BCUT2D eigenvalue weighted by molar-refractivity contribution is -0.127. The number of nitrogens with one attached hydrogen (secondary N) is 1. The highest BCUT2D eigenvalue weighted by atomic mass is 32.2. The van der Waals surface area contributed by atoms with E-state index in [9.17, 15) is 18.3 Å². The third-order valence-corrected chi connectivity index (χ3v) is 5.52. The molecule has 2 unspecified atom stereocenters. The van der Waals surface area contributed by atoms with Crippen molar-refractivity contribution in [2.75, 3.05) is 27.7 Å². The minimum absolute atomic E-state index is 0.0853. The second-order valence-corrected chi connectivity index (χ2v) is 8.22. The Hall–Kier alpha value is -0.700. The minimum Gasteiger partial charge on any atom is -0.390 e. The van der Waals surface area contributed by atoms with Crippen molar-refractivity contribution < 1.29 is 18.3 Å². The van der Waals surface area contributed by atoms with E-state index in [1.807, 2.05) is 20.8 Å². The zero-order valence-electron chi connectivity index (χ0n) is 14.0. The molecule has 1 amide bonds. The van der Waals surface area contributed by atoms with E-state index in [1.54, 1.807) is 6.92 Å². The third kappa shape index (κ3) is 5.90. The molecule has 0 aliphatic carbocycles. The monoisotopic (exact) mass is 323 g/mol. The number of carbonyl (C=O) groups is 1. The molecule has 0 bridgehead atoms. The van der Waals surface area contributed by atoms with Crippen molar-refractivity contribution in [3.8, 4) is 0 Å². The lowest BCUT2D eigenvalue weighted by Crippen LogP contribution is -2.50. The molecule has 0 aromatic carbocycles. The molecule has 3 atom stereocenters. The smallest absolute Gasteiger partial charge is 0.281 e. The number of hydrogen-bond acceptors (Lipinski definition) is 4. The van der Waals surface area contributed by atoms with Crippen molar-refractivity contribution in [3.05, 3.63) is 0 Å². The Labute approximate surface area is 128 Å². The van der Waals surface area contributed by atoms with Gasteiger partial charge in [0.25, 0.3) is 10.2 Å². The standard InChI is InChI=1S/C13H29N3O4S/c1-9(2)10(3)13(18)14-11(4)12(17)8-16(7)21(19,20)15(5)6/h9-12,17H,8H2,1-7H3,(H,14,18)/t10?,11-,12?/m0/s1. The Morgan fingerprint density at radius 1 is 1.14 bits per heavy atom. The predicted molar refractivity (Wildman–Crippen MR) is 82.9 cm³/mol. The van der Waals surface area contributed by atoms with Crippen molar-refractivity contribution in [2.45, 2.75) is 39.8 Å². The van der Waals surface area contributed by atoms with Gasteiger partial charge in [0.2, 0.25) is 5.91 Å². The summed E-state index contributed by atoms with van der Waals surface area (Å²) in [5.41, 5.74) is 0. The molecule has 0 saturated carbocycles. The zero-order chi connectivity index (χ0) is 17.0. The Balaban J connectivity index is 4.60. The van der Waals surface area contributed by atoms with Gasteiger partial charge in [0.05, 0.1) is 12.1 Å². The quantitative estimate of drug-likeness (QED) is 0.652. The number of carbonyl (C=O) groups excluding carboxylic acids is 1. The maximum absolute atomic E-state index is 11.9. The van der Waals surface area contributed by atoms with Crippen LogP contribution in [-0.2, 0) is 15.0 Å². The van der Waals surface area contributed by atoms with Gasteiger partial charge in [-0.1, -0.05) is 20.8 Å². The molecule has 0 rings (SSSR count). The Bertz CT molecular complexity index is 437. The van der Waals surface area contributed by atoms with Gasteiger partial charge in [-0.25, -0.2) is 0 Å². The molecule has 0 fully saturated rings. The number of nitrogens with zero attached hydrogens (tertiary/aromatic N) is 2. The first-order valence-electron chi connectivity index (χ1n) is 7.03. The molecule has 2 N–H and O–H groups in total. The first-order chi connectivity index (χ1) is 9.41. The zero-order valence-corrected chi connectivity index (χ0v) is 14.8. The van der Waals surface area contributed by atoms with Crippen LogP contribution in [0.2, 0.25) is 0 Å². The number of amides is 1. The van der Waals surface area contributed by atoms with Crippen LogP contribution in [0, 0.1) is 11.8 Å². The van der Waals surface area contributed by atoms with Crippen molar-refractivity contribution in [3.63, 3.8) is 0 Å². The summed E-state index contributed by atoms with van der Waals surface area (Å²) in [4.78, 5) is 11.9. The molecule has 0 aromatic rings. The molecule has 0 aliphatic heterocycles. The first kappa shape index (κ1) is 20.3. The Morgan fingerprint density at radius 2 is 1.62 bits per heavy atom. The summed E-state index contributed by atoms with van der Waals surface area (Å²) >= 11 is 0. The van der Waals surface area contributed by atoms with E-state index in [0.29, 0.717) is 0 Å². The summed E-state index contributed by atoms with van der Waals surface area (Å²) in [5.74, 6) is -0.108. The fourth-order valence-corrected chi connectivity index (χ4v) is 2.45. The highest BCUT2D eigenvalue weighted by Crippen LogP contribution is 2.10. The Morgan fingerprint density at radius 3 is 2.00 bits per heavy atom. The highest BCUT2D eigenvalue weighted by Gasteiger charge is 2.27. The number of rotatable bonds is 8. The molecular formula is C13H29N3O4S. The van der Waals surface area contributed by atoms with Crippen LogP contribution in [0.1, 0.15) is 27.7 Å². The third-order valence-electron chi connectivity index (χ3n) is 3.66. The van der Waals surface area contributed by atoms with Crippen molar-refractivity contribution >= 4 is 16.1 Å². The van der Waals surface area contributed by atoms with Crippen LogP contribution in [0.5, 0.6) is 0 Å². The summed E-state index contributed by atoms with van der Waals surface area (Å²) in [6, 6.07) is -0.529. The average Bonchev–Trinajstić information content (AvgIpc) is 2.36. The minimum atomic E-state index is -3.57. The molecule has 7 nitrogen and oxygen atoms in total. The second kappa shape index (κ2) is 8.07. The molecule has 0 radical (unpaired) electrons. The van der Waals surface area contributed by atoms with Crippen molar-refractivity contribution in [1.82, 2.24) is 13.9 Å². The number of aliphatic hydroxyl groups excluding tert-OH is 1. The van der Waals surface area contributed by atoms with Crippen LogP contribution in [0.3, 0.4) is 0 Å². The number of likely N-dealkylation sites (N-methyl/N-ethyl adjacent to an activating group) is 1. The van der Waals surface area contributed by atoms with Crippen molar-refractivity contribution in [2.24, 2.45) is 11.8 Å². The van der Waals surface area contributed by atoms with Gasteiger partial charge in [0, 0.05) is 33.6 Å². The van der Waals surface area contributed by atoms with Gasteiger partial charge >= 0.3 is 0 Å². The van der Waals surface area contributed by atoms with E-state index < -0.39 is 22.4 Å². The molecule has 21 heavy (non-hydrogen) atoms. The molecule has 0 saturated heterocycles. The number of hydrogen-bond donors (Lipinski definition) is 2. The van der Waals surface area contributed by atoms with E-state index in [2.05, 4.69) is 5.32 Å². The van der Waals surface area contributed by atoms with Crippen LogP contribution in [0.25, 0.3) is 0 Å². The predicted octanol–water partition coefficient (Wildman–Crippen LogP) is -0.118. The first-order valence-corrected chi connectivity index (χ1v) is 8.43. The van der Waals surface area contributed by atoms with E-state index in [1.165, 1.54) is 21.1 Å². The van der Waals surface area contributed by atoms with Crippen LogP contribution in [0.15, 0.2) is 0 Å². The average molecular weight is 323 g/mol. The van der Waals surface area contributed by atoms with E-state index >= 15 is 0 Å². The van der Waals surface area contributed by atoms with E-state index in [4.69, 9.17) is 0 Å².